The Balaban J connectivity index is 2.23. The van der Waals surface area contributed by atoms with Gasteiger partial charge in [-0.2, -0.15) is 0 Å². The van der Waals surface area contributed by atoms with Crippen molar-refractivity contribution in [3.63, 3.8) is 0 Å². The van der Waals surface area contributed by atoms with E-state index in [0.717, 1.165) is 12.8 Å². The first-order valence-corrected chi connectivity index (χ1v) is 4.87. The molecule has 0 aromatic carbocycles. The lowest BCUT2D eigenvalue weighted by atomic mass is 10.1. The van der Waals surface area contributed by atoms with Gasteiger partial charge in [-0.1, -0.05) is 13.3 Å². The van der Waals surface area contributed by atoms with Crippen LogP contribution in [-0.4, -0.2) is 43.2 Å². The Morgan fingerprint density at radius 1 is 1.62 bits per heavy atom. The van der Waals surface area contributed by atoms with E-state index in [4.69, 9.17) is 20.3 Å². The molecule has 0 spiro atoms. The summed E-state index contributed by atoms with van der Waals surface area (Å²) in [5.74, 6) is 0. The predicted molar refractivity (Wildman–Crippen MR) is 49.4 cm³/mol. The fourth-order valence-electron chi connectivity index (χ4n) is 1.34. The topological polar surface area (TPSA) is 64.7 Å². The normalized spacial score (nSPS) is 22.4. The van der Waals surface area contributed by atoms with E-state index in [0.29, 0.717) is 13.2 Å². The SMILES string of the molecule is CCCC(N)C(CO)OC1COC1. The van der Waals surface area contributed by atoms with Crippen molar-refractivity contribution in [1.82, 2.24) is 0 Å². The van der Waals surface area contributed by atoms with Gasteiger partial charge in [0.1, 0.15) is 6.10 Å². The van der Waals surface area contributed by atoms with E-state index < -0.39 is 0 Å². The van der Waals surface area contributed by atoms with Crippen LogP contribution in [0, 0.1) is 0 Å². The summed E-state index contributed by atoms with van der Waals surface area (Å²) < 4.78 is 10.5. The Morgan fingerprint density at radius 3 is 2.69 bits per heavy atom. The standard InChI is InChI=1S/C9H19NO3/c1-2-3-8(10)9(4-11)13-7-5-12-6-7/h7-9,11H,2-6,10H2,1H3. The summed E-state index contributed by atoms with van der Waals surface area (Å²) in [5.41, 5.74) is 5.84. The lowest BCUT2D eigenvalue weighted by molar-refractivity contribution is -0.166. The van der Waals surface area contributed by atoms with Gasteiger partial charge in [0, 0.05) is 6.04 Å². The average molecular weight is 189 g/mol. The van der Waals surface area contributed by atoms with Crippen molar-refractivity contribution in [2.75, 3.05) is 19.8 Å². The first-order valence-electron chi connectivity index (χ1n) is 4.87. The predicted octanol–water partition coefficient (Wildman–Crippen LogP) is -0.110. The van der Waals surface area contributed by atoms with Crippen molar-refractivity contribution < 1.29 is 14.6 Å². The van der Waals surface area contributed by atoms with Crippen molar-refractivity contribution in [3.8, 4) is 0 Å². The Labute approximate surface area is 79.0 Å². The Kier molecular flexibility index (Phi) is 4.66. The second kappa shape index (κ2) is 5.54. The van der Waals surface area contributed by atoms with Gasteiger partial charge in [0.05, 0.1) is 25.9 Å². The van der Waals surface area contributed by atoms with E-state index in [9.17, 15) is 0 Å². The number of nitrogens with two attached hydrogens (primary N) is 1. The third-order valence-electron chi connectivity index (χ3n) is 2.25. The average Bonchev–Trinajstić information content (AvgIpc) is 2.03. The first kappa shape index (κ1) is 10.9. The number of rotatable bonds is 6. The van der Waals surface area contributed by atoms with Crippen molar-refractivity contribution in [3.05, 3.63) is 0 Å². The van der Waals surface area contributed by atoms with E-state index in [1.165, 1.54) is 0 Å². The van der Waals surface area contributed by atoms with Gasteiger partial charge in [-0.15, -0.1) is 0 Å². The summed E-state index contributed by atoms with van der Waals surface area (Å²) in [6.45, 7) is 3.34. The molecular formula is C9H19NO3. The maximum Gasteiger partial charge on any atom is 0.105 e. The zero-order valence-corrected chi connectivity index (χ0v) is 8.11. The van der Waals surface area contributed by atoms with E-state index in [1.54, 1.807) is 0 Å². The molecular weight excluding hydrogens is 170 g/mol. The molecule has 1 fully saturated rings. The summed E-state index contributed by atoms with van der Waals surface area (Å²) in [6.07, 6.45) is 1.81. The first-order chi connectivity index (χ1) is 6.27. The van der Waals surface area contributed by atoms with Crippen molar-refractivity contribution in [2.45, 2.75) is 38.0 Å². The zero-order valence-electron chi connectivity index (χ0n) is 8.11. The number of aliphatic hydroxyl groups excluding tert-OH is 1. The van der Waals surface area contributed by atoms with E-state index >= 15 is 0 Å². The number of hydrogen-bond donors (Lipinski definition) is 2. The maximum absolute atomic E-state index is 9.05. The number of hydrogen-bond acceptors (Lipinski definition) is 4. The summed E-state index contributed by atoms with van der Waals surface area (Å²) >= 11 is 0. The van der Waals surface area contributed by atoms with Gasteiger partial charge < -0.3 is 20.3 Å². The molecule has 1 aliphatic heterocycles. The molecule has 0 radical (unpaired) electrons. The lowest BCUT2D eigenvalue weighted by Crippen LogP contribution is -2.47. The van der Waals surface area contributed by atoms with Crippen LogP contribution in [0.2, 0.25) is 0 Å². The smallest absolute Gasteiger partial charge is 0.105 e. The number of ether oxygens (including phenoxy) is 2. The van der Waals surface area contributed by atoms with Crippen LogP contribution in [0.3, 0.4) is 0 Å². The van der Waals surface area contributed by atoms with Gasteiger partial charge in [-0.25, -0.2) is 0 Å². The highest BCUT2D eigenvalue weighted by Crippen LogP contribution is 2.12. The molecule has 1 rings (SSSR count). The van der Waals surface area contributed by atoms with Crippen LogP contribution in [0.15, 0.2) is 0 Å². The minimum absolute atomic E-state index is 0.00231. The third-order valence-corrected chi connectivity index (χ3v) is 2.25. The van der Waals surface area contributed by atoms with Crippen molar-refractivity contribution in [1.29, 1.82) is 0 Å². The van der Waals surface area contributed by atoms with E-state index in [1.807, 2.05) is 0 Å². The summed E-state index contributed by atoms with van der Waals surface area (Å²) in [5, 5.41) is 9.05. The molecule has 4 heteroatoms. The summed E-state index contributed by atoms with van der Waals surface area (Å²) in [7, 11) is 0. The minimum atomic E-state index is -0.228. The molecule has 78 valence electrons. The van der Waals surface area contributed by atoms with Crippen LogP contribution in [0.5, 0.6) is 0 Å². The lowest BCUT2D eigenvalue weighted by Gasteiger charge is -2.32. The summed E-state index contributed by atoms with van der Waals surface area (Å²) in [4.78, 5) is 0. The molecule has 0 aromatic heterocycles. The van der Waals surface area contributed by atoms with Gasteiger partial charge >= 0.3 is 0 Å². The van der Waals surface area contributed by atoms with Crippen LogP contribution in [-0.2, 0) is 9.47 Å². The van der Waals surface area contributed by atoms with E-state index in [2.05, 4.69) is 6.92 Å². The largest absolute Gasteiger partial charge is 0.394 e. The van der Waals surface area contributed by atoms with Gasteiger partial charge in [0.15, 0.2) is 0 Å². The quantitative estimate of drug-likeness (QED) is 0.612. The second-order valence-corrected chi connectivity index (χ2v) is 3.47. The Bertz CT molecular complexity index is 139. The monoisotopic (exact) mass is 189 g/mol. The zero-order chi connectivity index (χ0) is 9.68. The highest BCUT2D eigenvalue weighted by atomic mass is 16.6. The molecule has 13 heavy (non-hydrogen) atoms. The van der Waals surface area contributed by atoms with Crippen molar-refractivity contribution >= 4 is 0 Å². The van der Waals surface area contributed by atoms with E-state index in [-0.39, 0.29) is 24.9 Å². The van der Waals surface area contributed by atoms with Gasteiger partial charge in [-0.05, 0) is 6.42 Å². The molecule has 0 aromatic rings. The van der Waals surface area contributed by atoms with Crippen LogP contribution >= 0.6 is 0 Å². The third kappa shape index (κ3) is 3.23. The molecule has 4 nitrogen and oxygen atoms in total. The van der Waals surface area contributed by atoms with Crippen molar-refractivity contribution in [2.24, 2.45) is 5.73 Å². The minimum Gasteiger partial charge on any atom is -0.394 e. The Morgan fingerprint density at radius 2 is 2.31 bits per heavy atom. The van der Waals surface area contributed by atoms with Crippen LogP contribution in [0.1, 0.15) is 19.8 Å². The molecule has 0 aliphatic carbocycles. The molecule has 1 saturated heterocycles. The van der Waals surface area contributed by atoms with Gasteiger partial charge in [0.25, 0.3) is 0 Å². The molecule has 2 unspecified atom stereocenters. The molecule has 0 amide bonds. The molecule has 3 N–H and O–H groups in total. The maximum atomic E-state index is 9.05. The molecule has 0 bridgehead atoms. The number of aliphatic hydroxyl groups is 1. The molecule has 0 saturated carbocycles. The molecule has 1 aliphatic rings. The van der Waals surface area contributed by atoms with Crippen LogP contribution in [0.25, 0.3) is 0 Å². The molecule has 1 heterocycles. The highest BCUT2D eigenvalue weighted by Gasteiger charge is 2.26. The van der Waals surface area contributed by atoms with Gasteiger partial charge in [0.2, 0.25) is 0 Å². The fraction of sp³-hybridized carbons (Fsp3) is 1.00. The highest BCUT2D eigenvalue weighted by molar-refractivity contribution is 4.76. The summed E-state index contributed by atoms with van der Waals surface area (Å²) in [6, 6.07) is -0.0596. The second-order valence-electron chi connectivity index (χ2n) is 3.47. The van der Waals surface area contributed by atoms with Crippen LogP contribution in [0.4, 0.5) is 0 Å². The van der Waals surface area contributed by atoms with Gasteiger partial charge in [-0.3, -0.25) is 0 Å². The molecule has 2 atom stereocenters. The fourth-order valence-corrected chi connectivity index (χ4v) is 1.34. The van der Waals surface area contributed by atoms with Crippen LogP contribution < -0.4 is 5.73 Å². The Hall–Kier alpha value is -0.160.